The minimum absolute atomic E-state index is 0.250. The smallest absolute Gasteiger partial charge is 0.276 e. The summed E-state index contributed by atoms with van der Waals surface area (Å²) in [5.74, 6) is 0.533. The van der Waals surface area contributed by atoms with Gasteiger partial charge in [0.1, 0.15) is 12.4 Å². The van der Waals surface area contributed by atoms with Crippen LogP contribution in [-0.4, -0.2) is 12.1 Å². The SMILES string of the molecule is O=C(N=Cc1ccc(OCc2ccccc2)cc1)c1ccccc1. The lowest BCUT2D eigenvalue weighted by Gasteiger charge is -2.06. The van der Waals surface area contributed by atoms with Gasteiger partial charge in [0.2, 0.25) is 0 Å². The monoisotopic (exact) mass is 315 g/mol. The maximum Gasteiger partial charge on any atom is 0.276 e. The van der Waals surface area contributed by atoms with Crippen LogP contribution in [0, 0.1) is 0 Å². The first-order valence-electron chi connectivity index (χ1n) is 7.71. The van der Waals surface area contributed by atoms with Crippen LogP contribution >= 0.6 is 0 Å². The van der Waals surface area contributed by atoms with E-state index < -0.39 is 0 Å². The average molecular weight is 315 g/mol. The van der Waals surface area contributed by atoms with Crippen molar-refractivity contribution < 1.29 is 9.53 Å². The molecular weight excluding hydrogens is 298 g/mol. The Morgan fingerprint density at radius 1 is 0.833 bits per heavy atom. The molecule has 3 nitrogen and oxygen atoms in total. The molecule has 0 saturated heterocycles. The van der Waals surface area contributed by atoms with Crippen LogP contribution in [0.1, 0.15) is 21.5 Å². The maximum absolute atomic E-state index is 11.9. The van der Waals surface area contributed by atoms with E-state index in [2.05, 4.69) is 4.99 Å². The predicted molar refractivity (Wildman–Crippen MR) is 95.6 cm³/mol. The molecule has 0 aliphatic heterocycles. The fourth-order valence-electron chi connectivity index (χ4n) is 2.18. The van der Waals surface area contributed by atoms with Gasteiger partial charge in [-0.05, 0) is 47.5 Å². The summed E-state index contributed by atoms with van der Waals surface area (Å²) in [4.78, 5) is 15.9. The standard InChI is InChI=1S/C21H17NO2/c23-21(19-9-5-2-6-10-19)22-15-17-11-13-20(14-12-17)24-16-18-7-3-1-4-8-18/h1-15H,16H2. The van der Waals surface area contributed by atoms with Crippen molar-refractivity contribution in [3.63, 3.8) is 0 Å². The van der Waals surface area contributed by atoms with Crippen LogP contribution in [-0.2, 0) is 6.61 Å². The summed E-state index contributed by atoms with van der Waals surface area (Å²) >= 11 is 0. The van der Waals surface area contributed by atoms with Crippen molar-refractivity contribution in [3.05, 3.63) is 102 Å². The molecule has 0 spiro atoms. The highest BCUT2D eigenvalue weighted by atomic mass is 16.5. The molecular formula is C21H17NO2. The van der Waals surface area contributed by atoms with Crippen LogP contribution in [0.5, 0.6) is 5.75 Å². The second kappa shape index (κ2) is 7.88. The molecule has 0 bridgehead atoms. The van der Waals surface area contributed by atoms with Crippen LogP contribution in [0.3, 0.4) is 0 Å². The lowest BCUT2D eigenvalue weighted by molar-refractivity contribution is 0.100. The molecule has 24 heavy (non-hydrogen) atoms. The minimum atomic E-state index is -0.250. The lowest BCUT2D eigenvalue weighted by atomic mass is 10.2. The van der Waals surface area contributed by atoms with Crippen molar-refractivity contribution in [2.75, 3.05) is 0 Å². The summed E-state index contributed by atoms with van der Waals surface area (Å²) in [5, 5.41) is 0. The van der Waals surface area contributed by atoms with E-state index in [-0.39, 0.29) is 5.91 Å². The summed E-state index contributed by atoms with van der Waals surface area (Å²) in [6.45, 7) is 0.529. The van der Waals surface area contributed by atoms with Crippen molar-refractivity contribution >= 4 is 12.1 Å². The Labute approximate surface area is 141 Å². The number of carbonyl (C=O) groups excluding carboxylic acids is 1. The Morgan fingerprint density at radius 3 is 2.12 bits per heavy atom. The van der Waals surface area contributed by atoms with E-state index in [0.717, 1.165) is 16.9 Å². The molecule has 0 atom stereocenters. The van der Waals surface area contributed by atoms with Gasteiger partial charge in [-0.15, -0.1) is 0 Å². The molecule has 0 N–H and O–H groups in total. The van der Waals surface area contributed by atoms with Gasteiger partial charge in [0.15, 0.2) is 0 Å². The summed E-state index contributed by atoms with van der Waals surface area (Å²) in [5.41, 5.74) is 2.56. The Hall–Kier alpha value is -3.20. The molecule has 0 aromatic heterocycles. The van der Waals surface area contributed by atoms with Gasteiger partial charge in [-0.1, -0.05) is 48.5 Å². The summed E-state index contributed by atoms with van der Waals surface area (Å²) in [6, 6.07) is 26.5. The zero-order valence-corrected chi connectivity index (χ0v) is 13.1. The fourth-order valence-corrected chi connectivity index (χ4v) is 2.18. The third-order valence-electron chi connectivity index (χ3n) is 3.48. The molecule has 3 heteroatoms. The summed E-state index contributed by atoms with van der Waals surface area (Å²) in [6.07, 6.45) is 1.57. The number of aliphatic imine (C=N–C) groups is 1. The second-order valence-corrected chi connectivity index (χ2v) is 5.27. The zero-order valence-electron chi connectivity index (χ0n) is 13.1. The Bertz CT molecular complexity index is 809. The molecule has 0 unspecified atom stereocenters. The highest BCUT2D eigenvalue weighted by molar-refractivity contribution is 6.01. The Morgan fingerprint density at radius 2 is 1.46 bits per heavy atom. The third-order valence-corrected chi connectivity index (χ3v) is 3.48. The first kappa shape index (κ1) is 15.7. The molecule has 1 amide bonds. The van der Waals surface area contributed by atoms with Crippen molar-refractivity contribution in [1.82, 2.24) is 0 Å². The number of nitrogens with zero attached hydrogens (tertiary/aromatic N) is 1. The van der Waals surface area contributed by atoms with Gasteiger partial charge in [0.05, 0.1) is 0 Å². The third kappa shape index (κ3) is 4.40. The molecule has 0 aliphatic carbocycles. The first-order chi connectivity index (χ1) is 11.8. The maximum atomic E-state index is 11.9. The van der Waals surface area contributed by atoms with Gasteiger partial charge in [0.25, 0.3) is 5.91 Å². The van der Waals surface area contributed by atoms with Crippen LogP contribution in [0.4, 0.5) is 0 Å². The highest BCUT2D eigenvalue weighted by Crippen LogP contribution is 2.13. The average Bonchev–Trinajstić information content (AvgIpc) is 2.67. The normalized spacial score (nSPS) is 10.7. The van der Waals surface area contributed by atoms with Crippen molar-refractivity contribution in [2.45, 2.75) is 6.61 Å². The number of ether oxygens (including phenoxy) is 1. The molecule has 0 radical (unpaired) electrons. The molecule has 3 aromatic rings. The van der Waals surface area contributed by atoms with Crippen molar-refractivity contribution in [2.24, 2.45) is 4.99 Å². The van der Waals surface area contributed by atoms with Crippen LogP contribution in [0.15, 0.2) is 89.9 Å². The molecule has 0 fully saturated rings. The van der Waals surface area contributed by atoms with Crippen LogP contribution in [0.25, 0.3) is 0 Å². The van der Waals surface area contributed by atoms with Gasteiger partial charge in [-0.3, -0.25) is 4.79 Å². The van der Waals surface area contributed by atoms with Gasteiger partial charge in [-0.2, -0.15) is 0 Å². The highest BCUT2D eigenvalue weighted by Gasteiger charge is 2.01. The fraction of sp³-hybridized carbons (Fsp3) is 0.0476. The zero-order chi connectivity index (χ0) is 16.6. The van der Waals surface area contributed by atoms with E-state index in [1.54, 1.807) is 18.3 Å². The van der Waals surface area contributed by atoms with E-state index in [1.165, 1.54) is 0 Å². The topological polar surface area (TPSA) is 38.7 Å². The Balaban J connectivity index is 1.58. The van der Waals surface area contributed by atoms with Crippen LogP contribution < -0.4 is 4.74 Å². The summed E-state index contributed by atoms with van der Waals surface area (Å²) in [7, 11) is 0. The number of hydrogen-bond donors (Lipinski definition) is 0. The van der Waals surface area contributed by atoms with Crippen LogP contribution in [0.2, 0.25) is 0 Å². The first-order valence-corrected chi connectivity index (χ1v) is 7.71. The van der Waals surface area contributed by atoms with Crippen molar-refractivity contribution in [1.29, 1.82) is 0 Å². The largest absolute Gasteiger partial charge is 0.489 e. The van der Waals surface area contributed by atoms with Gasteiger partial charge in [-0.25, -0.2) is 4.99 Å². The molecule has 3 aromatic carbocycles. The second-order valence-electron chi connectivity index (χ2n) is 5.27. The molecule has 118 valence electrons. The van der Waals surface area contributed by atoms with Gasteiger partial charge < -0.3 is 4.74 Å². The van der Waals surface area contributed by atoms with E-state index >= 15 is 0 Å². The molecule has 3 rings (SSSR count). The van der Waals surface area contributed by atoms with E-state index in [9.17, 15) is 4.79 Å². The number of hydrogen-bond acceptors (Lipinski definition) is 2. The lowest BCUT2D eigenvalue weighted by Crippen LogP contribution is -1.96. The minimum Gasteiger partial charge on any atom is -0.489 e. The van der Waals surface area contributed by atoms with E-state index in [0.29, 0.717) is 12.2 Å². The van der Waals surface area contributed by atoms with E-state index in [4.69, 9.17) is 4.74 Å². The van der Waals surface area contributed by atoms with Gasteiger partial charge in [0, 0.05) is 11.8 Å². The molecule has 0 saturated carbocycles. The number of benzene rings is 3. The predicted octanol–water partition coefficient (Wildman–Crippen LogP) is 4.52. The number of rotatable bonds is 5. The summed E-state index contributed by atoms with van der Waals surface area (Å²) < 4.78 is 5.73. The van der Waals surface area contributed by atoms with Crippen molar-refractivity contribution in [3.8, 4) is 5.75 Å². The number of carbonyl (C=O) groups is 1. The van der Waals surface area contributed by atoms with Gasteiger partial charge >= 0.3 is 0 Å². The molecule has 0 aliphatic rings. The molecule has 0 heterocycles. The number of amides is 1. The quantitative estimate of drug-likeness (QED) is 0.649. The van der Waals surface area contributed by atoms with E-state index in [1.807, 2.05) is 72.8 Å². The Kier molecular flexibility index (Phi) is 5.15.